The van der Waals surface area contributed by atoms with E-state index in [1.165, 1.54) is 22.9 Å². The number of rotatable bonds is 7. The average molecular weight is 505 g/mol. The summed E-state index contributed by atoms with van der Waals surface area (Å²) in [6, 6.07) is 8.66. The van der Waals surface area contributed by atoms with Gasteiger partial charge in [-0.05, 0) is 99.1 Å². The molecule has 0 saturated carbocycles. The quantitative estimate of drug-likeness (QED) is 0.302. The highest BCUT2D eigenvalue weighted by molar-refractivity contribution is 6.32. The number of aliphatic imine (C=N–C) groups is 1. The molecule has 0 amide bonds. The minimum atomic E-state index is 0.227. The highest BCUT2D eigenvalue weighted by Gasteiger charge is 2.22. The van der Waals surface area contributed by atoms with Crippen molar-refractivity contribution in [1.82, 2.24) is 19.9 Å². The van der Waals surface area contributed by atoms with Crippen molar-refractivity contribution >= 4 is 34.9 Å². The molecule has 8 nitrogen and oxygen atoms in total. The van der Waals surface area contributed by atoms with Crippen molar-refractivity contribution in [3.8, 4) is 0 Å². The molecule has 0 radical (unpaired) electrons. The summed E-state index contributed by atoms with van der Waals surface area (Å²) >= 11 is 6.23. The number of amidine groups is 1. The lowest BCUT2D eigenvalue weighted by molar-refractivity contribution is 0.204. The molecule has 9 heteroatoms. The molecule has 3 aromatic rings. The second-order valence-corrected chi connectivity index (χ2v) is 9.75. The number of benzene rings is 1. The van der Waals surface area contributed by atoms with E-state index in [2.05, 4.69) is 68.3 Å². The topological polar surface area (TPSA) is 118 Å². The first-order valence-electron chi connectivity index (χ1n) is 12.1. The lowest BCUT2D eigenvalue weighted by Crippen LogP contribution is -2.32. The molecule has 0 aliphatic carbocycles. The summed E-state index contributed by atoms with van der Waals surface area (Å²) in [7, 11) is 0. The minimum Gasteiger partial charge on any atom is -0.402 e. The largest absolute Gasteiger partial charge is 0.402 e. The van der Waals surface area contributed by atoms with Crippen LogP contribution in [0.2, 0.25) is 5.02 Å². The summed E-state index contributed by atoms with van der Waals surface area (Å²) < 4.78 is 0. The standard InChI is InChI=1S/C27H33ClN8/c1-17-13-24(33-27-32-15-23(28)26(35-27)34-25(30)14-19(3)29)18(2)12-22(17)21-6-10-36(11-7-21)16-20-4-8-31-9-5-20/h4-5,8-9,12-15,21H,6-7,10-11,16,29H2,1-3H3,(H3,30,32,33,34,35)/b19-14-. The van der Waals surface area contributed by atoms with Crippen LogP contribution in [-0.4, -0.2) is 38.8 Å². The van der Waals surface area contributed by atoms with E-state index in [0.29, 0.717) is 22.6 Å². The molecule has 0 unspecified atom stereocenters. The van der Waals surface area contributed by atoms with Crippen LogP contribution in [0.15, 0.2) is 59.6 Å². The molecular weight excluding hydrogens is 472 g/mol. The Bertz CT molecular complexity index is 1260. The Morgan fingerprint density at radius 3 is 2.58 bits per heavy atom. The lowest BCUT2D eigenvalue weighted by atomic mass is 9.85. The van der Waals surface area contributed by atoms with Crippen LogP contribution in [0.3, 0.4) is 0 Å². The smallest absolute Gasteiger partial charge is 0.229 e. The number of likely N-dealkylation sites (tertiary alicyclic amines) is 1. The Kier molecular flexibility index (Phi) is 8.18. The molecule has 188 valence electrons. The highest BCUT2D eigenvalue weighted by Crippen LogP contribution is 2.34. The van der Waals surface area contributed by atoms with Gasteiger partial charge in [0.25, 0.3) is 0 Å². The van der Waals surface area contributed by atoms with Crippen molar-refractivity contribution in [2.75, 3.05) is 18.4 Å². The summed E-state index contributed by atoms with van der Waals surface area (Å²) in [5.74, 6) is 1.47. The number of halogens is 1. The monoisotopic (exact) mass is 504 g/mol. The van der Waals surface area contributed by atoms with E-state index < -0.39 is 0 Å². The lowest BCUT2D eigenvalue weighted by Gasteiger charge is -2.33. The van der Waals surface area contributed by atoms with E-state index in [-0.39, 0.29) is 11.7 Å². The van der Waals surface area contributed by atoms with Crippen LogP contribution in [-0.2, 0) is 6.54 Å². The third kappa shape index (κ3) is 6.59. The molecule has 1 aromatic carbocycles. The fraction of sp³-hybridized carbons (Fsp3) is 0.333. The fourth-order valence-corrected chi connectivity index (χ4v) is 4.70. The second-order valence-electron chi connectivity index (χ2n) is 9.34. The number of anilines is 2. The number of hydrogen-bond acceptors (Lipinski definition) is 7. The van der Waals surface area contributed by atoms with Gasteiger partial charge in [0.05, 0.1) is 6.20 Å². The van der Waals surface area contributed by atoms with Crippen LogP contribution in [0, 0.1) is 13.8 Å². The Morgan fingerprint density at radius 1 is 1.17 bits per heavy atom. The van der Waals surface area contributed by atoms with Crippen molar-refractivity contribution < 1.29 is 0 Å². The maximum atomic E-state index is 6.23. The van der Waals surface area contributed by atoms with Gasteiger partial charge < -0.3 is 16.8 Å². The summed E-state index contributed by atoms with van der Waals surface area (Å²) in [6.07, 6.45) is 9.10. The SMILES string of the molecule is C/C(N)=C/C(N)=Nc1nc(Nc2cc(C)c(C3CCN(Cc4ccncc4)CC3)cc2C)ncc1Cl. The molecule has 4 rings (SSSR count). The van der Waals surface area contributed by atoms with Gasteiger partial charge in [-0.15, -0.1) is 0 Å². The third-order valence-electron chi connectivity index (χ3n) is 6.38. The second kappa shape index (κ2) is 11.5. The van der Waals surface area contributed by atoms with Crippen molar-refractivity contribution in [2.45, 2.75) is 46.1 Å². The molecule has 1 fully saturated rings. The number of piperidine rings is 1. The van der Waals surface area contributed by atoms with Crippen LogP contribution >= 0.6 is 11.6 Å². The summed E-state index contributed by atoms with van der Waals surface area (Å²) in [4.78, 5) is 19.7. The molecule has 1 aliphatic rings. The third-order valence-corrected chi connectivity index (χ3v) is 6.65. The predicted octanol–water partition coefficient (Wildman–Crippen LogP) is 5.12. The Balaban J connectivity index is 1.45. The molecular formula is C27H33ClN8. The molecule has 36 heavy (non-hydrogen) atoms. The van der Waals surface area contributed by atoms with Gasteiger partial charge in [0.1, 0.15) is 10.9 Å². The predicted molar refractivity (Wildman–Crippen MR) is 147 cm³/mol. The number of pyridine rings is 1. The zero-order valence-electron chi connectivity index (χ0n) is 21.0. The normalized spacial score (nSPS) is 15.8. The average Bonchev–Trinajstić information content (AvgIpc) is 2.84. The summed E-state index contributed by atoms with van der Waals surface area (Å²) in [5.41, 5.74) is 18.2. The Hall–Kier alpha value is -3.49. The molecule has 3 heterocycles. The van der Waals surface area contributed by atoms with Gasteiger partial charge in [-0.3, -0.25) is 9.88 Å². The molecule has 0 bridgehead atoms. The highest BCUT2D eigenvalue weighted by atomic mass is 35.5. The first-order chi connectivity index (χ1) is 17.3. The van der Waals surface area contributed by atoms with Gasteiger partial charge in [-0.1, -0.05) is 17.7 Å². The minimum absolute atomic E-state index is 0.227. The number of nitrogens with zero attached hydrogens (tertiary/aromatic N) is 5. The maximum Gasteiger partial charge on any atom is 0.229 e. The van der Waals surface area contributed by atoms with Crippen LogP contribution in [0.25, 0.3) is 0 Å². The van der Waals surface area contributed by atoms with Crippen LogP contribution in [0.5, 0.6) is 0 Å². The zero-order valence-corrected chi connectivity index (χ0v) is 21.8. The van der Waals surface area contributed by atoms with E-state index in [1.807, 2.05) is 12.4 Å². The van der Waals surface area contributed by atoms with Crippen LogP contribution in [0.4, 0.5) is 17.5 Å². The van der Waals surface area contributed by atoms with Crippen LogP contribution in [0.1, 0.15) is 47.9 Å². The fourth-order valence-electron chi connectivity index (χ4n) is 4.57. The molecule has 0 atom stereocenters. The molecule has 1 aliphatic heterocycles. The maximum absolute atomic E-state index is 6.23. The van der Waals surface area contributed by atoms with E-state index in [4.69, 9.17) is 23.1 Å². The number of hydrogen-bond donors (Lipinski definition) is 3. The first-order valence-corrected chi connectivity index (χ1v) is 12.5. The molecule has 5 N–H and O–H groups in total. The first kappa shape index (κ1) is 25.6. The number of aromatic nitrogens is 3. The number of aryl methyl sites for hydroxylation is 2. The van der Waals surface area contributed by atoms with Gasteiger partial charge in [-0.25, -0.2) is 9.98 Å². The Morgan fingerprint density at radius 2 is 1.89 bits per heavy atom. The van der Waals surface area contributed by atoms with Gasteiger partial charge in [0.2, 0.25) is 5.95 Å². The van der Waals surface area contributed by atoms with E-state index in [0.717, 1.165) is 43.7 Å². The van der Waals surface area contributed by atoms with Crippen molar-refractivity contribution in [3.05, 3.63) is 81.9 Å². The van der Waals surface area contributed by atoms with Crippen molar-refractivity contribution in [2.24, 2.45) is 16.5 Å². The Labute approximate surface area is 217 Å². The number of nitrogens with one attached hydrogen (secondary N) is 1. The summed E-state index contributed by atoms with van der Waals surface area (Å²) in [5, 5.41) is 3.63. The molecule has 1 saturated heterocycles. The molecule has 2 aromatic heterocycles. The number of allylic oxidation sites excluding steroid dienone is 1. The van der Waals surface area contributed by atoms with Gasteiger partial charge in [-0.2, -0.15) is 4.98 Å². The zero-order chi connectivity index (χ0) is 25.7. The van der Waals surface area contributed by atoms with Crippen LogP contribution < -0.4 is 16.8 Å². The summed E-state index contributed by atoms with van der Waals surface area (Å²) in [6.45, 7) is 9.18. The number of nitrogens with two attached hydrogens (primary N) is 2. The molecule has 0 spiro atoms. The van der Waals surface area contributed by atoms with Gasteiger partial charge >= 0.3 is 0 Å². The van der Waals surface area contributed by atoms with E-state index in [9.17, 15) is 0 Å². The van der Waals surface area contributed by atoms with E-state index in [1.54, 1.807) is 13.0 Å². The van der Waals surface area contributed by atoms with Crippen molar-refractivity contribution in [3.63, 3.8) is 0 Å². The van der Waals surface area contributed by atoms with Crippen molar-refractivity contribution in [1.29, 1.82) is 0 Å². The van der Waals surface area contributed by atoms with Gasteiger partial charge in [0, 0.05) is 30.3 Å². The van der Waals surface area contributed by atoms with E-state index >= 15 is 0 Å². The van der Waals surface area contributed by atoms with Gasteiger partial charge in [0.15, 0.2) is 5.82 Å².